The summed E-state index contributed by atoms with van der Waals surface area (Å²) in [5, 5.41) is 0.0963. The fourth-order valence-corrected chi connectivity index (χ4v) is 3.23. The van der Waals surface area contributed by atoms with Gasteiger partial charge in [-0.25, -0.2) is 9.18 Å². The van der Waals surface area contributed by atoms with Gasteiger partial charge in [-0.1, -0.05) is 24.4 Å². The Balaban J connectivity index is 2.72. The van der Waals surface area contributed by atoms with Gasteiger partial charge in [0, 0.05) is 5.56 Å². The molecule has 0 amide bonds. The van der Waals surface area contributed by atoms with Crippen molar-refractivity contribution in [3.63, 3.8) is 0 Å². The van der Waals surface area contributed by atoms with Crippen LogP contribution in [0.5, 0.6) is 0 Å². The van der Waals surface area contributed by atoms with Crippen LogP contribution in [0, 0.1) is 19.7 Å². The van der Waals surface area contributed by atoms with Crippen LogP contribution in [0.4, 0.5) is 4.39 Å². The quantitative estimate of drug-likeness (QED) is 0.583. The molecule has 2 nitrogen and oxygen atoms in total. The van der Waals surface area contributed by atoms with Gasteiger partial charge in [-0.2, -0.15) is 4.99 Å². The van der Waals surface area contributed by atoms with Crippen LogP contribution in [0.3, 0.4) is 0 Å². The van der Waals surface area contributed by atoms with Crippen LogP contribution >= 0.6 is 11.6 Å². The van der Waals surface area contributed by atoms with Crippen LogP contribution in [0.1, 0.15) is 42.4 Å². The van der Waals surface area contributed by atoms with E-state index in [1.807, 2.05) is 13.8 Å². The molecule has 1 aliphatic rings. The molecule has 0 radical (unpaired) electrons. The molecule has 0 aromatic heterocycles. The molecule has 1 fully saturated rings. The van der Waals surface area contributed by atoms with Crippen molar-refractivity contribution in [3.8, 4) is 0 Å². The van der Waals surface area contributed by atoms with Crippen LogP contribution < -0.4 is 0 Å². The smallest absolute Gasteiger partial charge is 0.211 e. The molecular formula is C14H15ClFNO. The van der Waals surface area contributed by atoms with Gasteiger partial charge in [0.15, 0.2) is 0 Å². The lowest BCUT2D eigenvalue weighted by molar-refractivity contribution is 0.450. The van der Waals surface area contributed by atoms with Crippen molar-refractivity contribution in [2.75, 3.05) is 0 Å². The van der Waals surface area contributed by atoms with E-state index in [1.54, 1.807) is 6.08 Å². The van der Waals surface area contributed by atoms with Gasteiger partial charge in [0.05, 0.1) is 10.6 Å². The van der Waals surface area contributed by atoms with E-state index in [-0.39, 0.29) is 5.02 Å². The number of isocyanates is 1. The normalized spacial score (nSPS) is 17.6. The number of aliphatic imine (C=N–C) groups is 1. The average molecular weight is 268 g/mol. The molecule has 0 unspecified atom stereocenters. The van der Waals surface area contributed by atoms with Gasteiger partial charge in [-0.05, 0) is 43.9 Å². The standard InChI is InChI=1S/C14H15ClFNO/c1-9-7-11(16)13(15)12(10(9)2)14(17-8-18)5-3-4-6-14/h7H,3-6H2,1-2H3. The van der Waals surface area contributed by atoms with E-state index in [4.69, 9.17) is 11.6 Å². The highest BCUT2D eigenvalue weighted by Crippen LogP contribution is 2.47. The largest absolute Gasteiger partial charge is 0.235 e. The molecule has 1 saturated carbocycles. The molecule has 18 heavy (non-hydrogen) atoms. The zero-order chi connectivity index (χ0) is 13.3. The van der Waals surface area contributed by atoms with Gasteiger partial charge in [0.1, 0.15) is 5.82 Å². The monoisotopic (exact) mass is 267 g/mol. The molecule has 1 aromatic carbocycles. The molecule has 0 saturated heterocycles. The van der Waals surface area contributed by atoms with Crippen molar-refractivity contribution in [2.45, 2.75) is 45.1 Å². The Morgan fingerprint density at radius 3 is 2.56 bits per heavy atom. The fourth-order valence-electron chi connectivity index (χ4n) is 2.86. The summed E-state index contributed by atoms with van der Waals surface area (Å²) in [6, 6.07) is 1.43. The minimum Gasteiger partial charge on any atom is -0.211 e. The third-order valence-electron chi connectivity index (χ3n) is 3.89. The second kappa shape index (κ2) is 4.83. The molecule has 1 aliphatic carbocycles. The van der Waals surface area contributed by atoms with Crippen molar-refractivity contribution in [1.82, 2.24) is 0 Å². The Hall–Kier alpha value is -1.18. The molecule has 2 rings (SSSR count). The molecule has 0 spiro atoms. The number of hydrogen-bond acceptors (Lipinski definition) is 2. The third-order valence-corrected chi connectivity index (χ3v) is 4.26. The van der Waals surface area contributed by atoms with E-state index in [0.29, 0.717) is 5.56 Å². The zero-order valence-corrected chi connectivity index (χ0v) is 11.3. The van der Waals surface area contributed by atoms with Crippen LogP contribution in [0.2, 0.25) is 5.02 Å². The summed E-state index contributed by atoms with van der Waals surface area (Å²) in [5.41, 5.74) is 1.75. The highest BCUT2D eigenvalue weighted by atomic mass is 35.5. The molecule has 0 bridgehead atoms. The second-order valence-electron chi connectivity index (χ2n) is 4.93. The lowest BCUT2D eigenvalue weighted by atomic mass is 9.84. The third kappa shape index (κ3) is 1.98. The Labute approximate surface area is 111 Å². The predicted octanol–water partition coefficient (Wildman–Crippen LogP) is 4.20. The van der Waals surface area contributed by atoms with E-state index in [9.17, 15) is 9.18 Å². The highest BCUT2D eigenvalue weighted by Gasteiger charge is 2.39. The van der Waals surface area contributed by atoms with E-state index in [2.05, 4.69) is 4.99 Å². The van der Waals surface area contributed by atoms with E-state index in [1.165, 1.54) is 6.07 Å². The van der Waals surface area contributed by atoms with Crippen LogP contribution in [-0.2, 0) is 10.3 Å². The van der Waals surface area contributed by atoms with Crippen molar-refractivity contribution in [2.24, 2.45) is 4.99 Å². The van der Waals surface area contributed by atoms with Crippen LogP contribution in [0.15, 0.2) is 11.1 Å². The maximum atomic E-state index is 13.8. The SMILES string of the molecule is Cc1cc(F)c(Cl)c(C2(N=C=O)CCCC2)c1C. The molecule has 4 heteroatoms. The first kappa shape index (κ1) is 13.3. The summed E-state index contributed by atoms with van der Waals surface area (Å²) < 4.78 is 13.8. The van der Waals surface area contributed by atoms with Gasteiger partial charge < -0.3 is 0 Å². The molecule has 0 heterocycles. The minimum absolute atomic E-state index is 0.0963. The summed E-state index contributed by atoms with van der Waals surface area (Å²) in [7, 11) is 0. The van der Waals surface area contributed by atoms with Gasteiger partial charge >= 0.3 is 0 Å². The first-order chi connectivity index (χ1) is 8.52. The maximum Gasteiger partial charge on any atom is 0.235 e. The number of hydrogen-bond donors (Lipinski definition) is 0. The van der Waals surface area contributed by atoms with E-state index in [0.717, 1.165) is 36.8 Å². The van der Waals surface area contributed by atoms with Crippen molar-refractivity contribution in [1.29, 1.82) is 0 Å². The molecule has 0 atom stereocenters. The summed E-state index contributed by atoms with van der Waals surface area (Å²) in [5.74, 6) is -0.442. The van der Waals surface area contributed by atoms with E-state index >= 15 is 0 Å². The molecule has 1 aromatic rings. The van der Waals surface area contributed by atoms with Crippen molar-refractivity contribution < 1.29 is 9.18 Å². The first-order valence-electron chi connectivity index (χ1n) is 6.06. The molecule has 0 aliphatic heterocycles. The van der Waals surface area contributed by atoms with E-state index < -0.39 is 11.4 Å². The number of aryl methyl sites for hydroxylation is 1. The second-order valence-corrected chi connectivity index (χ2v) is 5.31. The van der Waals surface area contributed by atoms with Crippen molar-refractivity contribution in [3.05, 3.63) is 33.6 Å². The molecular weight excluding hydrogens is 253 g/mol. The topological polar surface area (TPSA) is 29.4 Å². The first-order valence-corrected chi connectivity index (χ1v) is 6.44. The maximum absolute atomic E-state index is 13.8. The fraction of sp³-hybridized carbons (Fsp3) is 0.500. The van der Waals surface area contributed by atoms with Gasteiger partial charge in [0.25, 0.3) is 0 Å². The van der Waals surface area contributed by atoms with Gasteiger partial charge in [0.2, 0.25) is 6.08 Å². The highest BCUT2D eigenvalue weighted by molar-refractivity contribution is 6.31. The number of rotatable bonds is 2. The Bertz CT molecular complexity index is 503. The number of halogens is 2. The predicted molar refractivity (Wildman–Crippen MR) is 69.2 cm³/mol. The lowest BCUT2D eigenvalue weighted by Crippen LogP contribution is -2.22. The zero-order valence-electron chi connectivity index (χ0n) is 10.5. The number of nitrogens with zero attached hydrogens (tertiary/aromatic N) is 1. The summed E-state index contributed by atoms with van der Waals surface area (Å²) in [6.07, 6.45) is 5.03. The average Bonchev–Trinajstić information content (AvgIpc) is 2.77. The Kier molecular flexibility index (Phi) is 3.56. The van der Waals surface area contributed by atoms with Gasteiger partial charge in [-0.3, -0.25) is 0 Å². The van der Waals surface area contributed by atoms with Gasteiger partial charge in [-0.15, -0.1) is 0 Å². The lowest BCUT2D eigenvalue weighted by Gasteiger charge is -2.27. The Morgan fingerprint density at radius 2 is 2.00 bits per heavy atom. The number of carbonyl (C=O) groups excluding carboxylic acids is 1. The molecule has 0 N–H and O–H groups in total. The van der Waals surface area contributed by atoms with Crippen LogP contribution in [-0.4, -0.2) is 6.08 Å². The minimum atomic E-state index is -0.671. The van der Waals surface area contributed by atoms with Crippen LogP contribution in [0.25, 0.3) is 0 Å². The Morgan fingerprint density at radius 1 is 1.39 bits per heavy atom. The molecule has 96 valence electrons. The summed E-state index contributed by atoms with van der Waals surface area (Å²) in [6.45, 7) is 3.74. The summed E-state index contributed by atoms with van der Waals surface area (Å²) >= 11 is 6.11. The number of benzene rings is 1. The summed E-state index contributed by atoms with van der Waals surface area (Å²) in [4.78, 5) is 14.7. The van der Waals surface area contributed by atoms with Crippen molar-refractivity contribution >= 4 is 17.7 Å².